The second-order valence-electron chi connectivity index (χ2n) is 9.50. The monoisotopic (exact) mass is 572 g/mol. The van der Waals surface area contributed by atoms with Crippen LogP contribution in [0.15, 0.2) is 67.5 Å². The maximum Gasteiger partial charge on any atom is 0.247 e. The van der Waals surface area contributed by atoms with Gasteiger partial charge in [0, 0.05) is 29.4 Å². The molecule has 0 bridgehead atoms. The molecule has 11 heteroatoms. The molecule has 5 rings (SSSR count). The minimum Gasteiger partial charge on any atom is -0.494 e. The average Bonchev–Trinajstić information content (AvgIpc) is 3.47. The van der Waals surface area contributed by atoms with Gasteiger partial charge in [-0.3, -0.25) is 14.6 Å². The predicted molar refractivity (Wildman–Crippen MR) is 158 cm³/mol. The zero-order valence-corrected chi connectivity index (χ0v) is 23.4. The number of nitrogens with zero attached hydrogens (tertiary/aromatic N) is 4. The van der Waals surface area contributed by atoms with E-state index >= 15 is 0 Å². The van der Waals surface area contributed by atoms with Crippen molar-refractivity contribution in [2.24, 2.45) is 0 Å². The van der Waals surface area contributed by atoms with Gasteiger partial charge in [-0.2, -0.15) is 0 Å². The molecule has 0 saturated carbocycles. The molecule has 1 saturated heterocycles. The number of likely N-dealkylation sites (tertiary alicyclic amines) is 1. The summed E-state index contributed by atoms with van der Waals surface area (Å²) in [6.07, 6.45) is 3.97. The van der Waals surface area contributed by atoms with Crippen molar-refractivity contribution in [1.82, 2.24) is 19.9 Å². The van der Waals surface area contributed by atoms with Crippen LogP contribution in [0.2, 0.25) is 5.02 Å². The quantitative estimate of drug-likeness (QED) is 0.255. The van der Waals surface area contributed by atoms with Crippen LogP contribution in [-0.4, -0.2) is 51.4 Å². The Morgan fingerprint density at radius 1 is 1.17 bits per heavy atom. The third kappa shape index (κ3) is 6.22. The van der Waals surface area contributed by atoms with Crippen LogP contribution in [0.4, 0.5) is 17.2 Å². The van der Waals surface area contributed by atoms with Gasteiger partial charge in [0.05, 0.1) is 29.0 Å². The van der Waals surface area contributed by atoms with Gasteiger partial charge in [-0.05, 0) is 62.2 Å². The van der Waals surface area contributed by atoms with Crippen LogP contribution in [-0.2, 0) is 16.2 Å². The number of ether oxygens (including phenoxy) is 2. The maximum absolute atomic E-state index is 13.2. The van der Waals surface area contributed by atoms with E-state index in [1.165, 1.54) is 24.4 Å². The number of anilines is 3. The Balaban J connectivity index is 1.36. The summed E-state index contributed by atoms with van der Waals surface area (Å²) < 4.78 is 11.4. The lowest BCUT2D eigenvalue weighted by Crippen LogP contribution is -2.42. The summed E-state index contributed by atoms with van der Waals surface area (Å²) in [5.74, 6) is 0.896. The molecule has 1 atom stereocenters. The first-order valence-electron chi connectivity index (χ1n) is 13.0. The number of methoxy groups -OCH3 is 1. The van der Waals surface area contributed by atoms with Gasteiger partial charge in [0.1, 0.15) is 36.3 Å². The first kappa shape index (κ1) is 27.9. The van der Waals surface area contributed by atoms with Crippen LogP contribution in [0, 0.1) is 6.92 Å². The molecule has 2 aromatic carbocycles. The fourth-order valence-electron chi connectivity index (χ4n) is 4.75. The smallest absolute Gasteiger partial charge is 0.247 e. The van der Waals surface area contributed by atoms with Crippen LogP contribution < -0.4 is 20.1 Å². The molecular formula is C30H29ClN6O4. The molecular weight excluding hydrogens is 544 g/mol. The predicted octanol–water partition coefficient (Wildman–Crippen LogP) is 5.43. The number of rotatable bonds is 9. The summed E-state index contributed by atoms with van der Waals surface area (Å²) in [7, 11) is 1.51. The highest BCUT2D eigenvalue weighted by molar-refractivity contribution is 6.32. The largest absolute Gasteiger partial charge is 0.494 e. The molecule has 2 aromatic heterocycles. The average molecular weight is 573 g/mol. The molecule has 1 aliphatic rings. The summed E-state index contributed by atoms with van der Waals surface area (Å²) in [6, 6.07) is 14.0. The number of amides is 2. The van der Waals surface area contributed by atoms with E-state index in [0.29, 0.717) is 64.2 Å². The molecule has 41 heavy (non-hydrogen) atoms. The van der Waals surface area contributed by atoms with Gasteiger partial charge >= 0.3 is 0 Å². The first-order valence-corrected chi connectivity index (χ1v) is 13.4. The van der Waals surface area contributed by atoms with E-state index in [1.54, 1.807) is 24.3 Å². The van der Waals surface area contributed by atoms with E-state index in [2.05, 4.69) is 32.2 Å². The third-order valence-electron chi connectivity index (χ3n) is 6.74. The molecule has 2 N–H and O–H groups in total. The van der Waals surface area contributed by atoms with Gasteiger partial charge in [0.2, 0.25) is 11.8 Å². The Morgan fingerprint density at radius 3 is 2.78 bits per heavy atom. The normalized spacial score (nSPS) is 14.5. The molecule has 0 radical (unpaired) electrons. The topological polar surface area (TPSA) is 119 Å². The number of pyridine rings is 1. The number of nitrogens with one attached hydrogen (secondary N) is 2. The standard InChI is InChI=1S/C30H29ClN6O4/c1-4-28(38)37-12-6-9-25(37)30(39)36-24-14-21-23(15-27(24)40-3)32-17-33-29(21)35-19-10-11-26(22(31)13-19)41-16-20-8-5-7-18(2)34-20/h4-5,7-8,10-11,13-15,17,25H,1,6,9,12,16H2,2-3H3,(H,36,39)(H,32,33,35). The van der Waals surface area contributed by atoms with E-state index in [4.69, 9.17) is 21.1 Å². The van der Waals surface area contributed by atoms with Crippen molar-refractivity contribution >= 4 is 51.5 Å². The Bertz CT molecular complexity index is 1630. The van der Waals surface area contributed by atoms with E-state index in [9.17, 15) is 9.59 Å². The number of hydrogen-bond acceptors (Lipinski definition) is 8. The van der Waals surface area contributed by atoms with E-state index < -0.39 is 6.04 Å². The minimum absolute atomic E-state index is 0.269. The van der Waals surface area contributed by atoms with Crippen molar-refractivity contribution < 1.29 is 19.1 Å². The number of fused-ring (bicyclic) bond motifs is 1. The maximum atomic E-state index is 13.2. The molecule has 1 aliphatic heterocycles. The minimum atomic E-state index is -0.588. The fraction of sp³-hybridized carbons (Fsp3) is 0.233. The Labute approximate surface area is 242 Å². The molecule has 1 unspecified atom stereocenters. The summed E-state index contributed by atoms with van der Waals surface area (Å²) in [5, 5.41) is 7.27. The van der Waals surface area contributed by atoms with Crippen molar-refractivity contribution in [3.05, 3.63) is 83.9 Å². The van der Waals surface area contributed by atoms with E-state index in [-0.39, 0.29) is 11.8 Å². The molecule has 210 valence electrons. The number of halogens is 1. The molecule has 4 aromatic rings. The summed E-state index contributed by atoms with van der Waals surface area (Å²) in [4.78, 5) is 40.2. The van der Waals surface area contributed by atoms with Gasteiger partial charge in [-0.25, -0.2) is 9.97 Å². The molecule has 3 heterocycles. The van der Waals surface area contributed by atoms with Gasteiger partial charge in [0.25, 0.3) is 0 Å². The number of carbonyl (C=O) groups is 2. The lowest BCUT2D eigenvalue weighted by atomic mass is 10.1. The van der Waals surface area contributed by atoms with Crippen LogP contribution in [0.1, 0.15) is 24.2 Å². The van der Waals surface area contributed by atoms with Crippen molar-refractivity contribution in [3.63, 3.8) is 0 Å². The number of aromatic nitrogens is 3. The highest BCUT2D eigenvalue weighted by atomic mass is 35.5. The third-order valence-corrected chi connectivity index (χ3v) is 7.04. The molecule has 0 spiro atoms. The van der Waals surface area contributed by atoms with Gasteiger partial charge in [0.15, 0.2) is 0 Å². The highest BCUT2D eigenvalue weighted by Crippen LogP contribution is 2.35. The van der Waals surface area contributed by atoms with E-state index in [1.807, 2.05) is 31.2 Å². The van der Waals surface area contributed by atoms with Crippen molar-refractivity contribution in [2.45, 2.75) is 32.4 Å². The number of carbonyl (C=O) groups excluding carboxylic acids is 2. The lowest BCUT2D eigenvalue weighted by Gasteiger charge is -2.23. The molecule has 0 aliphatic carbocycles. The second-order valence-corrected chi connectivity index (χ2v) is 9.91. The lowest BCUT2D eigenvalue weighted by molar-refractivity contribution is -0.132. The Hall–Kier alpha value is -4.70. The van der Waals surface area contributed by atoms with Gasteiger partial charge in [-0.1, -0.05) is 24.2 Å². The molecule has 1 fully saturated rings. The highest BCUT2D eigenvalue weighted by Gasteiger charge is 2.33. The van der Waals surface area contributed by atoms with Crippen molar-refractivity contribution in [2.75, 3.05) is 24.3 Å². The molecule has 10 nitrogen and oxygen atoms in total. The van der Waals surface area contributed by atoms with Crippen LogP contribution in [0.5, 0.6) is 11.5 Å². The molecule has 2 amide bonds. The number of benzene rings is 2. The zero-order valence-electron chi connectivity index (χ0n) is 22.7. The number of hydrogen-bond donors (Lipinski definition) is 2. The van der Waals surface area contributed by atoms with Crippen molar-refractivity contribution in [3.8, 4) is 11.5 Å². The van der Waals surface area contributed by atoms with E-state index in [0.717, 1.165) is 17.8 Å². The van der Waals surface area contributed by atoms with Crippen molar-refractivity contribution in [1.29, 1.82) is 0 Å². The SMILES string of the molecule is C=CC(=O)N1CCCC1C(=O)Nc1cc2c(Nc3ccc(OCc4cccc(C)n4)c(Cl)c3)ncnc2cc1OC. The Kier molecular flexibility index (Phi) is 8.30. The Morgan fingerprint density at radius 2 is 2.02 bits per heavy atom. The zero-order chi connectivity index (χ0) is 28.9. The van der Waals surface area contributed by atoms with Gasteiger partial charge < -0.3 is 25.0 Å². The first-order chi connectivity index (χ1) is 19.9. The fourth-order valence-corrected chi connectivity index (χ4v) is 4.99. The summed E-state index contributed by atoms with van der Waals surface area (Å²) in [5.41, 5.74) is 3.45. The van der Waals surface area contributed by atoms with Crippen LogP contribution in [0.25, 0.3) is 10.9 Å². The summed E-state index contributed by atoms with van der Waals surface area (Å²) in [6.45, 7) is 6.27. The van der Waals surface area contributed by atoms with Gasteiger partial charge in [-0.15, -0.1) is 0 Å². The number of aryl methyl sites for hydroxylation is 1. The van der Waals surface area contributed by atoms with Crippen LogP contribution in [0.3, 0.4) is 0 Å². The second kappa shape index (κ2) is 12.2. The van der Waals surface area contributed by atoms with Crippen LogP contribution >= 0.6 is 11.6 Å². The summed E-state index contributed by atoms with van der Waals surface area (Å²) >= 11 is 6.52.